The molecule has 0 bridgehead atoms. The number of nitrogens with zero attached hydrogens (tertiary/aromatic N) is 2. The van der Waals surface area contributed by atoms with Crippen LogP contribution in [0, 0.1) is 0 Å². The number of fused-ring (bicyclic) bond motifs is 1. The SMILES string of the molecule is C=CC(=O)Nc1cnc2c(c1)CN(C(=O)OC(C)(C)C)CC2. The average molecular weight is 303 g/mol. The normalized spacial score (nSPS) is 14.0. The van der Waals surface area contributed by atoms with Gasteiger partial charge in [-0.1, -0.05) is 6.58 Å². The highest BCUT2D eigenvalue weighted by molar-refractivity contribution is 5.98. The van der Waals surface area contributed by atoms with E-state index in [0.717, 1.165) is 11.3 Å². The third-order valence-electron chi connectivity index (χ3n) is 3.14. The zero-order chi connectivity index (χ0) is 16.3. The lowest BCUT2D eigenvalue weighted by atomic mass is 10.1. The summed E-state index contributed by atoms with van der Waals surface area (Å²) in [5.41, 5.74) is 1.93. The van der Waals surface area contributed by atoms with Crippen molar-refractivity contribution in [2.24, 2.45) is 0 Å². The molecule has 2 rings (SSSR count). The Balaban J connectivity index is 2.11. The van der Waals surface area contributed by atoms with Crippen molar-refractivity contribution < 1.29 is 14.3 Å². The van der Waals surface area contributed by atoms with Crippen molar-refractivity contribution in [2.75, 3.05) is 11.9 Å². The molecule has 6 nitrogen and oxygen atoms in total. The minimum Gasteiger partial charge on any atom is -0.444 e. The molecule has 0 fully saturated rings. The molecule has 0 aliphatic carbocycles. The number of anilines is 1. The van der Waals surface area contributed by atoms with E-state index in [9.17, 15) is 9.59 Å². The molecule has 1 aromatic rings. The van der Waals surface area contributed by atoms with E-state index >= 15 is 0 Å². The van der Waals surface area contributed by atoms with E-state index in [-0.39, 0.29) is 12.0 Å². The third-order valence-corrected chi connectivity index (χ3v) is 3.14. The first-order chi connectivity index (χ1) is 10.3. The summed E-state index contributed by atoms with van der Waals surface area (Å²) in [5, 5.41) is 2.67. The van der Waals surface area contributed by atoms with E-state index in [2.05, 4.69) is 16.9 Å². The van der Waals surface area contributed by atoms with Gasteiger partial charge < -0.3 is 15.0 Å². The quantitative estimate of drug-likeness (QED) is 0.852. The number of nitrogens with one attached hydrogen (secondary N) is 1. The molecule has 118 valence electrons. The van der Waals surface area contributed by atoms with Crippen LogP contribution in [0.5, 0.6) is 0 Å². The number of carbonyl (C=O) groups is 2. The predicted octanol–water partition coefficient (Wildman–Crippen LogP) is 2.50. The molecule has 22 heavy (non-hydrogen) atoms. The lowest BCUT2D eigenvalue weighted by Gasteiger charge is -2.30. The van der Waals surface area contributed by atoms with Crippen LogP contribution in [0.25, 0.3) is 0 Å². The number of ether oxygens (including phenoxy) is 1. The number of aromatic nitrogens is 1. The minimum atomic E-state index is -0.518. The Morgan fingerprint density at radius 2 is 2.18 bits per heavy atom. The van der Waals surface area contributed by atoms with Crippen LogP contribution in [0.15, 0.2) is 24.9 Å². The average Bonchev–Trinajstić information content (AvgIpc) is 2.44. The Bertz CT molecular complexity index is 605. The highest BCUT2D eigenvalue weighted by Crippen LogP contribution is 2.22. The van der Waals surface area contributed by atoms with E-state index in [4.69, 9.17) is 4.74 Å². The number of hydrogen-bond acceptors (Lipinski definition) is 4. The summed E-state index contributed by atoms with van der Waals surface area (Å²) in [6.07, 6.45) is 3.15. The van der Waals surface area contributed by atoms with E-state index in [1.165, 1.54) is 6.08 Å². The molecule has 1 aliphatic rings. The van der Waals surface area contributed by atoms with Gasteiger partial charge in [-0.2, -0.15) is 0 Å². The zero-order valence-electron chi connectivity index (χ0n) is 13.2. The van der Waals surface area contributed by atoms with Crippen molar-refractivity contribution in [3.8, 4) is 0 Å². The second-order valence-corrected chi connectivity index (χ2v) is 6.18. The number of carbonyl (C=O) groups excluding carboxylic acids is 2. The van der Waals surface area contributed by atoms with Crippen LogP contribution >= 0.6 is 0 Å². The van der Waals surface area contributed by atoms with Gasteiger partial charge in [-0.15, -0.1) is 0 Å². The van der Waals surface area contributed by atoms with Crippen LogP contribution in [0.4, 0.5) is 10.5 Å². The molecule has 0 unspecified atom stereocenters. The molecule has 2 heterocycles. The molecule has 1 aliphatic heterocycles. The Morgan fingerprint density at radius 3 is 2.82 bits per heavy atom. The molecule has 0 atom stereocenters. The topological polar surface area (TPSA) is 71.5 Å². The second-order valence-electron chi connectivity index (χ2n) is 6.18. The van der Waals surface area contributed by atoms with Gasteiger partial charge >= 0.3 is 6.09 Å². The van der Waals surface area contributed by atoms with Crippen LogP contribution in [-0.2, 0) is 22.5 Å². The lowest BCUT2D eigenvalue weighted by molar-refractivity contribution is -0.111. The van der Waals surface area contributed by atoms with Gasteiger partial charge in [-0.25, -0.2) is 4.79 Å². The van der Waals surface area contributed by atoms with Crippen LogP contribution in [-0.4, -0.2) is 34.0 Å². The van der Waals surface area contributed by atoms with Crippen LogP contribution < -0.4 is 5.32 Å². The van der Waals surface area contributed by atoms with Crippen molar-refractivity contribution in [3.05, 3.63) is 36.2 Å². The number of amides is 2. The molecular weight excluding hydrogens is 282 g/mol. The summed E-state index contributed by atoms with van der Waals surface area (Å²) < 4.78 is 5.39. The summed E-state index contributed by atoms with van der Waals surface area (Å²) in [6.45, 7) is 9.94. The Hall–Kier alpha value is -2.37. The minimum absolute atomic E-state index is 0.290. The summed E-state index contributed by atoms with van der Waals surface area (Å²) in [4.78, 5) is 29.5. The van der Waals surface area contributed by atoms with E-state index in [0.29, 0.717) is 25.2 Å². The monoisotopic (exact) mass is 303 g/mol. The molecule has 0 spiro atoms. The molecule has 0 aromatic carbocycles. The van der Waals surface area contributed by atoms with Gasteiger partial charge in [0.2, 0.25) is 5.91 Å². The zero-order valence-corrected chi connectivity index (χ0v) is 13.2. The Morgan fingerprint density at radius 1 is 1.45 bits per heavy atom. The van der Waals surface area contributed by atoms with E-state index < -0.39 is 5.60 Å². The molecule has 2 amide bonds. The van der Waals surface area contributed by atoms with Crippen LogP contribution in [0.3, 0.4) is 0 Å². The lowest BCUT2D eigenvalue weighted by Crippen LogP contribution is -2.40. The fourth-order valence-corrected chi connectivity index (χ4v) is 2.17. The Kier molecular flexibility index (Phi) is 4.49. The first-order valence-corrected chi connectivity index (χ1v) is 7.17. The van der Waals surface area contributed by atoms with Crippen LogP contribution in [0.1, 0.15) is 32.0 Å². The molecule has 0 radical (unpaired) electrons. The molecular formula is C16H21N3O3. The van der Waals surface area contributed by atoms with Gasteiger partial charge in [-0.05, 0) is 38.5 Å². The fourth-order valence-electron chi connectivity index (χ4n) is 2.17. The molecule has 0 saturated heterocycles. The van der Waals surface area contributed by atoms with Crippen LogP contribution in [0.2, 0.25) is 0 Å². The smallest absolute Gasteiger partial charge is 0.410 e. The van der Waals surface area contributed by atoms with Gasteiger partial charge in [-0.3, -0.25) is 9.78 Å². The van der Waals surface area contributed by atoms with Gasteiger partial charge in [0.15, 0.2) is 0 Å². The number of rotatable bonds is 2. The van der Waals surface area contributed by atoms with Gasteiger partial charge in [0.1, 0.15) is 5.60 Å². The molecule has 0 saturated carbocycles. The molecule has 1 aromatic heterocycles. The highest BCUT2D eigenvalue weighted by atomic mass is 16.6. The molecule has 6 heteroatoms. The second kappa shape index (κ2) is 6.17. The summed E-state index contributed by atoms with van der Waals surface area (Å²) in [5.74, 6) is -0.290. The first-order valence-electron chi connectivity index (χ1n) is 7.17. The van der Waals surface area contributed by atoms with Crippen molar-refractivity contribution in [2.45, 2.75) is 39.3 Å². The molecule has 1 N–H and O–H groups in total. The van der Waals surface area contributed by atoms with Crippen molar-refractivity contribution in [1.82, 2.24) is 9.88 Å². The van der Waals surface area contributed by atoms with Crippen molar-refractivity contribution in [1.29, 1.82) is 0 Å². The largest absolute Gasteiger partial charge is 0.444 e. The highest BCUT2D eigenvalue weighted by Gasteiger charge is 2.26. The van der Waals surface area contributed by atoms with Crippen molar-refractivity contribution >= 4 is 17.7 Å². The predicted molar refractivity (Wildman–Crippen MR) is 83.4 cm³/mol. The van der Waals surface area contributed by atoms with Gasteiger partial charge in [0.05, 0.1) is 18.4 Å². The van der Waals surface area contributed by atoms with E-state index in [1.54, 1.807) is 11.1 Å². The number of pyridine rings is 1. The van der Waals surface area contributed by atoms with E-state index in [1.807, 2.05) is 26.8 Å². The van der Waals surface area contributed by atoms with Gasteiger partial charge in [0, 0.05) is 18.7 Å². The third kappa shape index (κ3) is 4.07. The summed E-state index contributed by atoms with van der Waals surface area (Å²) in [7, 11) is 0. The first kappa shape index (κ1) is 16.0. The summed E-state index contributed by atoms with van der Waals surface area (Å²) >= 11 is 0. The van der Waals surface area contributed by atoms with Crippen molar-refractivity contribution in [3.63, 3.8) is 0 Å². The maximum atomic E-state index is 12.1. The fraction of sp³-hybridized carbons (Fsp3) is 0.438. The van der Waals surface area contributed by atoms with Gasteiger partial charge in [0.25, 0.3) is 0 Å². The number of hydrogen-bond donors (Lipinski definition) is 1. The Labute approximate surface area is 130 Å². The standard InChI is InChI=1S/C16H21N3O3/c1-5-14(20)18-12-8-11-10-19(7-6-13(11)17-9-12)15(21)22-16(2,3)4/h5,8-9H,1,6-7,10H2,2-4H3,(H,18,20). The maximum absolute atomic E-state index is 12.1. The maximum Gasteiger partial charge on any atom is 0.410 e. The summed E-state index contributed by atoms with van der Waals surface area (Å²) in [6, 6.07) is 1.83.